The number of rotatable bonds is 4. The number of ether oxygens (including phenoxy) is 1. The maximum atomic E-state index is 12.1. The molecule has 0 aliphatic carbocycles. The Kier molecular flexibility index (Phi) is 4.47. The predicted octanol–water partition coefficient (Wildman–Crippen LogP) is 3.83. The second-order valence-electron chi connectivity index (χ2n) is 5.83. The van der Waals surface area contributed by atoms with Crippen molar-refractivity contribution in [3.8, 4) is 5.75 Å². The monoisotopic (exact) mass is 341 g/mol. The lowest BCUT2D eigenvalue weighted by Crippen LogP contribution is -2.19. The summed E-state index contributed by atoms with van der Waals surface area (Å²) in [5, 5.41) is 5.44. The molecule has 0 atom stereocenters. The molecule has 2 aromatic carbocycles. The lowest BCUT2D eigenvalue weighted by molar-refractivity contribution is 0.262. The van der Waals surface area contributed by atoms with Crippen LogP contribution >= 0.6 is 0 Å². The highest BCUT2D eigenvalue weighted by molar-refractivity contribution is 6.00. The quantitative estimate of drug-likeness (QED) is 0.755. The van der Waals surface area contributed by atoms with E-state index < -0.39 is 11.8 Å². The topological polar surface area (TPSA) is 85.5 Å². The van der Waals surface area contributed by atoms with Crippen LogP contribution < -0.4 is 21.1 Å². The van der Waals surface area contributed by atoms with Gasteiger partial charge in [0, 0.05) is 29.5 Å². The molecule has 0 saturated heterocycles. The smallest absolute Gasteiger partial charge is 0.420 e. The number of nitrogens with one attached hydrogen (secondary N) is 2. The molecular formula is C18H19N3O4. The average molecular weight is 341 g/mol. The molecule has 1 heterocycles. The van der Waals surface area contributed by atoms with Gasteiger partial charge in [0.1, 0.15) is 5.75 Å². The van der Waals surface area contributed by atoms with E-state index in [1.165, 1.54) is 0 Å². The highest BCUT2D eigenvalue weighted by Crippen LogP contribution is 2.21. The minimum absolute atomic E-state index is 0.0103. The van der Waals surface area contributed by atoms with Gasteiger partial charge in [0.2, 0.25) is 0 Å². The molecule has 0 fully saturated rings. The number of urea groups is 1. The van der Waals surface area contributed by atoms with E-state index in [1.54, 1.807) is 54.1 Å². The normalized spacial score (nSPS) is 10.9. The maximum Gasteiger partial charge on any atom is 0.420 e. The van der Waals surface area contributed by atoms with Crippen LogP contribution in [0, 0.1) is 0 Å². The van der Waals surface area contributed by atoms with E-state index in [9.17, 15) is 9.59 Å². The lowest BCUT2D eigenvalue weighted by Gasteiger charge is -2.09. The van der Waals surface area contributed by atoms with Gasteiger partial charge in [0.15, 0.2) is 5.58 Å². The van der Waals surface area contributed by atoms with Gasteiger partial charge in [-0.1, -0.05) is 6.07 Å². The highest BCUT2D eigenvalue weighted by Gasteiger charge is 2.13. The minimum Gasteiger partial charge on any atom is -0.497 e. The molecule has 0 aliphatic rings. The number of amides is 2. The number of oxazole rings is 1. The summed E-state index contributed by atoms with van der Waals surface area (Å²) in [6.45, 7) is 3.81. The lowest BCUT2D eigenvalue weighted by atomic mass is 10.2. The van der Waals surface area contributed by atoms with Crippen molar-refractivity contribution in [2.24, 2.45) is 0 Å². The molecule has 7 heteroatoms. The van der Waals surface area contributed by atoms with Gasteiger partial charge >= 0.3 is 11.8 Å². The summed E-state index contributed by atoms with van der Waals surface area (Å²) in [6.07, 6.45) is 0. The van der Waals surface area contributed by atoms with Gasteiger partial charge in [-0.15, -0.1) is 0 Å². The summed E-state index contributed by atoms with van der Waals surface area (Å²) in [4.78, 5) is 24.0. The Labute approximate surface area is 144 Å². The predicted molar refractivity (Wildman–Crippen MR) is 96.5 cm³/mol. The molecule has 0 aliphatic heterocycles. The van der Waals surface area contributed by atoms with E-state index >= 15 is 0 Å². The number of nitrogens with zero attached hydrogens (tertiary/aromatic N) is 1. The molecular weight excluding hydrogens is 322 g/mol. The SMILES string of the molecule is COc1cccc(NC(=O)Nc2ccc3c(c2)oc(=O)n3C(C)C)c1. The average Bonchev–Trinajstić information content (AvgIpc) is 2.90. The van der Waals surface area contributed by atoms with Crippen molar-refractivity contribution in [2.45, 2.75) is 19.9 Å². The Hall–Kier alpha value is -3.22. The van der Waals surface area contributed by atoms with Gasteiger partial charge in [-0.2, -0.15) is 0 Å². The number of aromatic nitrogens is 1. The minimum atomic E-state index is -0.414. The third-order valence-corrected chi connectivity index (χ3v) is 3.72. The first-order chi connectivity index (χ1) is 12.0. The first kappa shape index (κ1) is 16.6. The summed E-state index contributed by atoms with van der Waals surface area (Å²) in [7, 11) is 1.56. The molecule has 3 rings (SSSR count). The Morgan fingerprint density at radius 2 is 1.84 bits per heavy atom. The van der Waals surface area contributed by atoms with Gasteiger partial charge in [-0.25, -0.2) is 9.59 Å². The van der Waals surface area contributed by atoms with Crippen LogP contribution in [0.2, 0.25) is 0 Å². The van der Waals surface area contributed by atoms with Crippen molar-refractivity contribution in [1.82, 2.24) is 4.57 Å². The molecule has 0 saturated carbocycles. The molecule has 0 radical (unpaired) electrons. The van der Waals surface area contributed by atoms with Gasteiger partial charge in [-0.05, 0) is 38.1 Å². The second-order valence-corrected chi connectivity index (χ2v) is 5.83. The van der Waals surface area contributed by atoms with E-state index in [0.717, 1.165) is 0 Å². The number of anilines is 2. The van der Waals surface area contributed by atoms with Crippen molar-refractivity contribution in [3.05, 3.63) is 53.0 Å². The number of benzene rings is 2. The molecule has 2 N–H and O–H groups in total. The number of carbonyl (C=O) groups excluding carboxylic acids is 1. The Morgan fingerprint density at radius 3 is 2.52 bits per heavy atom. The maximum absolute atomic E-state index is 12.1. The molecule has 7 nitrogen and oxygen atoms in total. The zero-order chi connectivity index (χ0) is 18.0. The summed E-state index contributed by atoms with van der Waals surface area (Å²) in [5.74, 6) is 0.235. The molecule has 0 spiro atoms. The van der Waals surface area contributed by atoms with E-state index in [4.69, 9.17) is 9.15 Å². The summed E-state index contributed by atoms with van der Waals surface area (Å²) in [6, 6.07) is 11.7. The van der Waals surface area contributed by atoms with Crippen LogP contribution in [-0.4, -0.2) is 17.7 Å². The van der Waals surface area contributed by atoms with E-state index in [2.05, 4.69) is 10.6 Å². The number of fused-ring (bicyclic) bond motifs is 1. The van der Waals surface area contributed by atoms with Gasteiger partial charge in [-0.3, -0.25) is 4.57 Å². The van der Waals surface area contributed by atoms with E-state index in [1.807, 2.05) is 13.8 Å². The Bertz CT molecular complexity index is 972. The van der Waals surface area contributed by atoms with Crippen LogP contribution in [0.15, 0.2) is 51.7 Å². The molecule has 0 unspecified atom stereocenters. The van der Waals surface area contributed by atoms with Crippen LogP contribution in [0.25, 0.3) is 11.1 Å². The fraction of sp³-hybridized carbons (Fsp3) is 0.222. The molecule has 130 valence electrons. The zero-order valence-electron chi connectivity index (χ0n) is 14.2. The van der Waals surface area contributed by atoms with Crippen molar-refractivity contribution < 1.29 is 13.9 Å². The second kappa shape index (κ2) is 6.72. The first-order valence-corrected chi connectivity index (χ1v) is 7.85. The molecule has 0 bridgehead atoms. The van der Waals surface area contributed by atoms with Gasteiger partial charge in [0.25, 0.3) is 0 Å². The van der Waals surface area contributed by atoms with Gasteiger partial charge < -0.3 is 19.8 Å². The summed E-state index contributed by atoms with van der Waals surface area (Å²) in [5.41, 5.74) is 2.25. The fourth-order valence-corrected chi connectivity index (χ4v) is 2.60. The van der Waals surface area contributed by atoms with Crippen LogP contribution in [-0.2, 0) is 0 Å². The van der Waals surface area contributed by atoms with Crippen LogP contribution in [0.1, 0.15) is 19.9 Å². The number of hydrogen-bond donors (Lipinski definition) is 2. The Morgan fingerprint density at radius 1 is 1.12 bits per heavy atom. The van der Waals surface area contributed by atoms with E-state index in [0.29, 0.717) is 28.2 Å². The van der Waals surface area contributed by atoms with Crippen molar-refractivity contribution >= 4 is 28.5 Å². The number of carbonyl (C=O) groups is 1. The Balaban J connectivity index is 1.78. The largest absolute Gasteiger partial charge is 0.497 e. The van der Waals surface area contributed by atoms with Gasteiger partial charge in [0.05, 0.1) is 12.6 Å². The first-order valence-electron chi connectivity index (χ1n) is 7.85. The molecule has 3 aromatic rings. The molecule has 2 amide bonds. The van der Waals surface area contributed by atoms with Crippen LogP contribution in [0.4, 0.5) is 16.2 Å². The van der Waals surface area contributed by atoms with Crippen molar-refractivity contribution in [3.63, 3.8) is 0 Å². The standard InChI is InChI=1S/C18H19N3O4/c1-11(2)21-15-8-7-13(10-16(15)25-18(21)23)20-17(22)19-12-5-4-6-14(9-12)24-3/h4-11H,1-3H3,(H2,19,20,22). The molecule has 25 heavy (non-hydrogen) atoms. The van der Waals surface area contributed by atoms with Crippen molar-refractivity contribution in [1.29, 1.82) is 0 Å². The van der Waals surface area contributed by atoms with Crippen molar-refractivity contribution in [2.75, 3.05) is 17.7 Å². The third kappa shape index (κ3) is 3.50. The van der Waals surface area contributed by atoms with Crippen LogP contribution in [0.3, 0.4) is 0 Å². The van der Waals surface area contributed by atoms with E-state index in [-0.39, 0.29) is 6.04 Å². The molecule has 1 aromatic heterocycles. The zero-order valence-corrected chi connectivity index (χ0v) is 14.2. The third-order valence-electron chi connectivity index (χ3n) is 3.72. The summed E-state index contributed by atoms with van der Waals surface area (Å²) >= 11 is 0. The highest BCUT2D eigenvalue weighted by atomic mass is 16.5. The van der Waals surface area contributed by atoms with Crippen LogP contribution in [0.5, 0.6) is 5.75 Å². The number of methoxy groups -OCH3 is 1. The fourth-order valence-electron chi connectivity index (χ4n) is 2.60. The summed E-state index contributed by atoms with van der Waals surface area (Å²) < 4.78 is 11.9. The number of hydrogen-bond acceptors (Lipinski definition) is 4.